The third-order valence-corrected chi connectivity index (χ3v) is 2.13. The van der Waals surface area contributed by atoms with Crippen molar-refractivity contribution in [2.75, 3.05) is 0 Å². The average molecular weight is 256 g/mol. The minimum atomic E-state index is -1.33. The SMILES string of the molecule is C[C@H](NC(=O)c1c(F)cccc1[N+](=O)[O-])C(=O)O. The highest BCUT2D eigenvalue weighted by molar-refractivity contribution is 6.00. The highest BCUT2D eigenvalue weighted by Gasteiger charge is 2.26. The predicted octanol–water partition coefficient (Wildman–Crippen LogP) is 0.937. The van der Waals surface area contributed by atoms with Crippen molar-refractivity contribution in [3.05, 3.63) is 39.7 Å². The van der Waals surface area contributed by atoms with E-state index in [4.69, 9.17) is 5.11 Å². The molecule has 7 nitrogen and oxygen atoms in total. The molecule has 0 aromatic heterocycles. The number of rotatable bonds is 4. The third-order valence-electron chi connectivity index (χ3n) is 2.13. The van der Waals surface area contributed by atoms with Gasteiger partial charge in [-0.05, 0) is 13.0 Å². The van der Waals surface area contributed by atoms with Gasteiger partial charge in [-0.2, -0.15) is 0 Å². The van der Waals surface area contributed by atoms with E-state index >= 15 is 0 Å². The van der Waals surface area contributed by atoms with Gasteiger partial charge in [-0.3, -0.25) is 19.7 Å². The minimum absolute atomic E-state index is 0.718. The second-order valence-electron chi connectivity index (χ2n) is 3.42. The molecule has 0 fully saturated rings. The van der Waals surface area contributed by atoms with Crippen LogP contribution in [0.5, 0.6) is 0 Å². The summed E-state index contributed by atoms with van der Waals surface area (Å²) in [4.78, 5) is 31.8. The summed E-state index contributed by atoms with van der Waals surface area (Å²) in [6, 6.07) is 1.65. The molecule has 0 saturated carbocycles. The maximum Gasteiger partial charge on any atom is 0.325 e. The first kappa shape index (κ1) is 13.6. The smallest absolute Gasteiger partial charge is 0.325 e. The number of carboxylic acid groups (broad SMARTS) is 1. The molecule has 1 rings (SSSR count). The summed E-state index contributed by atoms with van der Waals surface area (Å²) >= 11 is 0. The summed E-state index contributed by atoms with van der Waals surface area (Å²) in [6.45, 7) is 1.16. The zero-order chi connectivity index (χ0) is 13.9. The fraction of sp³-hybridized carbons (Fsp3) is 0.200. The standard InChI is InChI=1S/C10H9FN2O5/c1-5(10(15)16)12-9(14)8-6(11)3-2-4-7(8)13(17)18/h2-5H,1H3,(H,12,14)(H,15,16)/t5-/m0/s1. The van der Waals surface area contributed by atoms with Crippen molar-refractivity contribution < 1.29 is 24.0 Å². The number of carbonyl (C=O) groups is 2. The Morgan fingerprint density at radius 3 is 2.61 bits per heavy atom. The van der Waals surface area contributed by atoms with Crippen LogP contribution in [0.2, 0.25) is 0 Å². The molecule has 0 saturated heterocycles. The second kappa shape index (κ2) is 5.21. The number of nitro groups is 1. The van der Waals surface area contributed by atoms with Crippen molar-refractivity contribution in [1.29, 1.82) is 0 Å². The maximum atomic E-state index is 13.4. The van der Waals surface area contributed by atoms with Gasteiger partial charge in [0.25, 0.3) is 11.6 Å². The first-order chi connectivity index (χ1) is 8.34. The molecule has 1 aromatic rings. The van der Waals surface area contributed by atoms with Crippen molar-refractivity contribution in [3.8, 4) is 0 Å². The van der Waals surface area contributed by atoms with Gasteiger partial charge in [-0.15, -0.1) is 0 Å². The van der Waals surface area contributed by atoms with Crippen molar-refractivity contribution in [2.24, 2.45) is 0 Å². The molecule has 96 valence electrons. The molecule has 0 bridgehead atoms. The Labute approximate surface area is 100 Å². The molecule has 0 aliphatic carbocycles. The van der Waals surface area contributed by atoms with Gasteiger partial charge in [0.2, 0.25) is 0 Å². The summed E-state index contributed by atoms with van der Waals surface area (Å²) in [5.41, 5.74) is -1.50. The monoisotopic (exact) mass is 256 g/mol. The van der Waals surface area contributed by atoms with Crippen LogP contribution in [-0.2, 0) is 4.79 Å². The second-order valence-corrected chi connectivity index (χ2v) is 3.42. The van der Waals surface area contributed by atoms with E-state index in [1.807, 2.05) is 5.32 Å². The molecule has 18 heavy (non-hydrogen) atoms. The molecule has 0 heterocycles. The fourth-order valence-corrected chi connectivity index (χ4v) is 1.22. The van der Waals surface area contributed by atoms with Crippen LogP contribution in [0.25, 0.3) is 0 Å². The van der Waals surface area contributed by atoms with Gasteiger partial charge < -0.3 is 10.4 Å². The van der Waals surface area contributed by atoms with Crippen LogP contribution in [0.1, 0.15) is 17.3 Å². The summed E-state index contributed by atoms with van der Waals surface area (Å²) in [7, 11) is 0. The largest absolute Gasteiger partial charge is 0.480 e. The van der Waals surface area contributed by atoms with Crippen LogP contribution < -0.4 is 5.32 Å². The first-order valence-corrected chi connectivity index (χ1v) is 4.81. The number of halogens is 1. The summed E-state index contributed by atoms with van der Waals surface area (Å²) in [5.74, 6) is -3.56. The molecule has 1 amide bonds. The van der Waals surface area contributed by atoms with Gasteiger partial charge in [0.15, 0.2) is 5.56 Å². The molecule has 0 unspecified atom stereocenters. The molecular weight excluding hydrogens is 247 g/mol. The number of hydrogen-bond acceptors (Lipinski definition) is 4. The molecule has 1 aromatic carbocycles. The molecule has 0 aliphatic heterocycles. The summed E-state index contributed by atoms with van der Waals surface area (Å²) in [5, 5.41) is 21.2. The molecule has 2 N–H and O–H groups in total. The number of benzene rings is 1. The van der Waals surface area contributed by atoms with Gasteiger partial charge in [0, 0.05) is 6.07 Å². The number of nitro benzene ring substituents is 1. The number of carbonyl (C=O) groups excluding carboxylic acids is 1. The Morgan fingerprint density at radius 2 is 2.11 bits per heavy atom. The lowest BCUT2D eigenvalue weighted by atomic mass is 10.1. The first-order valence-electron chi connectivity index (χ1n) is 4.81. The van der Waals surface area contributed by atoms with Crippen molar-refractivity contribution >= 4 is 17.6 Å². The fourth-order valence-electron chi connectivity index (χ4n) is 1.22. The Hall–Kier alpha value is -2.51. The van der Waals surface area contributed by atoms with E-state index in [9.17, 15) is 24.1 Å². The Balaban J connectivity index is 3.12. The van der Waals surface area contributed by atoms with Gasteiger partial charge in [-0.25, -0.2) is 4.39 Å². The normalized spacial score (nSPS) is 11.7. The molecule has 0 aliphatic rings. The number of nitrogens with zero attached hydrogens (tertiary/aromatic N) is 1. The summed E-state index contributed by atoms with van der Waals surface area (Å²) in [6.07, 6.45) is 0. The maximum absolute atomic E-state index is 13.4. The van der Waals surface area contributed by atoms with Crippen molar-refractivity contribution in [1.82, 2.24) is 5.32 Å². The Kier molecular flexibility index (Phi) is 3.93. The summed E-state index contributed by atoms with van der Waals surface area (Å²) < 4.78 is 13.4. The number of carboxylic acids is 1. The lowest BCUT2D eigenvalue weighted by molar-refractivity contribution is -0.385. The Bertz CT molecular complexity index is 517. The van der Waals surface area contributed by atoms with E-state index in [0.29, 0.717) is 0 Å². The molecule has 1 atom stereocenters. The van der Waals surface area contributed by atoms with Gasteiger partial charge in [0.1, 0.15) is 11.9 Å². The quantitative estimate of drug-likeness (QED) is 0.615. The number of amides is 1. The van der Waals surface area contributed by atoms with Crippen molar-refractivity contribution in [2.45, 2.75) is 13.0 Å². The zero-order valence-corrected chi connectivity index (χ0v) is 9.21. The number of aliphatic carboxylic acids is 1. The topological polar surface area (TPSA) is 110 Å². The van der Waals surface area contributed by atoms with Crippen LogP contribution in [0.3, 0.4) is 0 Å². The Morgan fingerprint density at radius 1 is 1.50 bits per heavy atom. The van der Waals surface area contributed by atoms with E-state index < -0.39 is 39.9 Å². The number of nitrogens with one attached hydrogen (secondary N) is 1. The van der Waals surface area contributed by atoms with E-state index in [1.165, 1.54) is 0 Å². The molecule has 8 heteroatoms. The molecule has 0 radical (unpaired) electrons. The van der Waals surface area contributed by atoms with E-state index in [2.05, 4.69) is 0 Å². The molecule has 0 spiro atoms. The van der Waals surface area contributed by atoms with Gasteiger partial charge in [-0.1, -0.05) is 6.07 Å². The van der Waals surface area contributed by atoms with Crippen molar-refractivity contribution in [3.63, 3.8) is 0 Å². The van der Waals surface area contributed by atoms with Crippen LogP contribution in [-0.4, -0.2) is 27.9 Å². The lowest BCUT2D eigenvalue weighted by Gasteiger charge is -2.09. The van der Waals surface area contributed by atoms with Crippen LogP contribution in [0.15, 0.2) is 18.2 Å². The van der Waals surface area contributed by atoms with Gasteiger partial charge >= 0.3 is 5.97 Å². The predicted molar refractivity (Wildman–Crippen MR) is 57.6 cm³/mol. The zero-order valence-electron chi connectivity index (χ0n) is 9.21. The minimum Gasteiger partial charge on any atom is -0.480 e. The van der Waals surface area contributed by atoms with Crippen LogP contribution >= 0.6 is 0 Å². The lowest BCUT2D eigenvalue weighted by Crippen LogP contribution is -2.38. The molecular formula is C10H9FN2O5. The average Bonchev–Trinajstić information content (AvgIpc) is 2.27. The van der Waals surface area contributed by atoms with E-state index in [0.717, 1.165) is 25.1 Å². The van der Waals surface area contributed by atoms with Crippen LogP contribution in [0.4, 0.5) is 10.1 Å². The highest BCUT2D eigenvalue weighted by Crippen LogP contribution is 2.21. The highest BCUT2D eigenvalue weighted by atomic mass is 19.1. The van der Waals surface area contributed by atoms with Crippen LogP contribution in [0, 0.1) is 15.9 Å². The number of hydrogen-bond donors (Lipinski definition) is 2. The van der Waals surface area contributed by atoms with E-state index in [-0.39, 0.29) is 0 Å². The third kappa shape index (κ3) is 2.78. The van der Waals surface area contributed by atoms with Gasteiger partial charge in [0.05, 0.1) is 4.92 Å². The van der Waals surface area contributed by atoms with E-state index in [1.54, 1.807) is 0 Å².